The molecule has 13 nitrogen and oxygen atoms in total. The van der Waals surface area contributed by atoms with Crippen LogP contribution in [0.25, 0.3) is 0 Å². The molecule has 386 valence electrons. The predicted octanol–water partition coefficient (Wildman–Crippen LogP) is 11.6. The number of ether oxygens (including phenoxy) is 2. The number of phosphoric ester groups is 1. The zero-order valence-corrected chi connectivity index (χ0v) is 42.2. The summed E-state index contributed by atoms with van der Waals surface area (Å²) in [7, 11) is -5.11. The van der Waals surface area contributed by atoms with Gasteiger partial charge in [-0.05, 0) is 12.8 Å². The molecule has 6 N–H and O–H groups in total. The van der Waals surface area contributed by atoms with Crippen LogP contribution in [0.1, 0.15) is 258 Å². The van der Waals surface area contributed by atoms with Crippen LogP contribution in [0.2, 0.25) is 0 Å². The van der Waals surface area contributed by atoms with Crippen LogP contribution in [-0.4, -0.2) is 98.3 Å². The minimum absolute atomic E-state index is 0.106. The SMILES string of the molecule is CCCCCCCCCCCCCCCCCCCCCC(=O)O[C@H](COC(=O)CCCCCCCCCCCCCCCCCCC)COP(=O)(O)OC1C(O)C(O)C(O)[C@@H](O)C1O. The second-order valence-electron chi connectivity index (χ2n) is 19.1. The van der Waals surface area contributed by atoms with Gasteiger partial charge in [0.05, 0.1) is 6.61 Å². The largest absolute Gasteiger partial charge is 0.472 e. The Morgan fingerprint density at radius 3 is 1.02 bits per heavy atom. The predicted molar refractivity (Wildman–Crippen MR) is 258 cm³/mol. The van der Waals surface area contributed by atoms with Crippen LogP contribution in [0.4, 0.5) is 0 Å². The monoisotopic (exact) mass is 951 g/mol. The van der Waals surface area contributed by atoms with Crippen molar-refractivity contribution < 1.29 is 63.1 Å². The number of hydrogen-bond acceptors (Lipinski definition) is 12. The van der Waals surface area contributed by atoms with Gasteiger partial charge >= 0.3 is 19.8 Å². The highest BCUT2D eigenvalue weighted by Gasteiger charge is 2.51. The third kappa shape index (κ3) is 33.9. The summed E-state index contributed by atoms with van der Waals surface area (Å²) in [5, 5.41) is 50.3. The second-order valence-corrected chi connectivity index (χ2v) is 20.5. The minimum Gasteiger partial charge on any atom is -0.462 e. The lowest BCUT2D eigenvalue weighted by atomic mass is 9.85. The standard InChI is InChI=1S/C51H99O13P/c1-3-5-7-9-11-13-15-17-19-21-22-24-26-28-30-32-34-36-38-40-45(53)63-43(42-62-65(59,60)64-51-49(57)47(55)46(54)48(56)50(51)58)41-61-44(52)39-37-35-33-31-29-27-25-23-20-18-16-14-12-10-8-6-4-2/h43,46-51,54-58H,3-42H2,1-2H3,(H,59,60)/t43-,46?,47-,48?,49?,50?,51?/m1/s1. The molecule has 0 radical (unpaired) electrons. The summed E-state index contributed by atoms with van der Waals surface area (Å²) in [6.45, 7) is 3.36. The van der Waals surface area contributed by atoms with Crippen LogP contribution >= 0.6 is 7.82 Å². The molecule has 0 saturated heterocycles. The molecular weight excluding hydrogens is 852 g/mol. The molecule has 1 aliphatic carbocycles. The molecule has 8 atom stereocenters. The lowest BCUT2D eigenvalue weighted by Gasteiger charge is -2.41. The number of hydrogen-bond donors (Lipinski definition) is 6. The van der Waals surface area contributed by atoms with Crippen LogP contribution in [-0.2, 0) is 32.7 Å². The molecule has 14 heteroatoms. The molecule has 0 aromatic heterocycles. The van der Waals surface area contributed by atoms with Gasteiger partial charge in [0.25, 0.3) is 0 Å². The summed E-state index contributed by atoms with van der Waals surface area (Å²) in [4.78, 5) is 35.9. The number of carbonyl (C=O) groups is 2. The molecule has 0 aromatic rings. The van der Waals surface area contributed by atoms with E-state index >= 15 is 0 Å². The van der Waals surface area contributed by atoms with Crippen molar-refractivity contribution in [1.29, 1.82) is 0 Å². The molecule has 0 spiro atoms. The molecule has 0 aliphatic heterocycles. The Kier molecular flexibility index (Phi) is 39.8. The first-order valence-corrected chi connectivity index (χ1v) is 28.3. The van der Waals surface area contributed by atoms with Crippen LogP contribution in [0.5, 0.6) is 0 Å². The van der Waals surface area contributed by atoms with Gasteiger partial charge in [0.2, 0.25) is 0 Å². The van der Waals surface area contributed by atoms with Gasteiger partial charge < -0.3 is 39.9 Å². The fourth-order valence-corrected chi connectivity index (χ4v) is 9.62. The van der Waals surface area contributed by atoms with Crippen molar-refractivity contribution in [3.63, 3.8) is 0 Å². The zero-order chi connectivity index (χ0) is 47.8. The highest BCUT2D eigenvalue weighted by atomic mass is 31.2. The summed E-state index contributed by atoms with van der Waals surface area (Å²) in [5.74, 6) is -1.08. The zero-order valence-electron chi connectivity index (χ0n) is 41.3. The van der Waals surface area contributed by atoms with E-state index in [1.54, 1.807) is 0 Å². The van der Waals surface area contributed by atoms with Gasteiger partial charge in [0, 0.05) is 12.8 Å². The van der Waals surface area contributed by atoms with E-state index in [2.05, 4.69) is 13.8 Å². The van der Waals surface area contributed by atoms with Crippen LogP contribution in [0.3, 0.4) is 0 Å². The van der Waals surface area contributed by atoms with Crippen molar-refractivity contribution in [2.75, 3.05) is 13.2 Å². The number of esters is 2. The molecule has 1 rings (SSSR count). The summed E-state index contributed by atoms with van der Waals surface area (Å²) in [6.07, 6.45) is 31.5. The molecule has 0 heterocycles. The van der Waals surface area contributed by atoms with E-state index in [1.165, 1.54) is 180 Å². The first-order valence-electron chi connectivity index (χ1n) is 26.8. The molecule has 65 heavy (non-hydrogen) atoms. The molecular formula is C51H99O13P. The Morgan fingerprint density at radius 1 is 0.415 bits per heavy atom. The first kappa shape index (κ1) is 61.9. The smallest absolute Gasteiger partial charge is 0.462 e. The van der Waals surface area contributed by atoms with Gasteiger partial charge in [-0.1, -0.05) is 232 Å². The summed E-state index contributed by atoms with van der Waals surface area (Å²) in [5.41, 5.74) is 0. The summed E-state index contributed by atoms with van der Waals surface area (Å²) < 4.78 is 33.7. The normalized spacial score (nSPS) is 21.3. The first-order chi connectivity index (χ1) is 31.4. The second kappa shape index (κ2) is 41.8. The number of aliphatic hydroxyl groups is 5. The third-order valence-electron chi connectivity index (χ3n) is 12.9. The number of phosphoric acid groups is 1. The number of aliphatic hydroxyl groups excluding tert-OH is 5. The van der Waals surface area contributed by atoms with E-state index in [1.807, 2.05) is 0 Å². The van der Waals surface area contributed by atoms with E-state index in [4.69, 9.17) is 18.5 Å². The maximum Gasteiger partial charge on any atom is 0.472 e. The topological polar surface area (TPSA) is 210 Å². The maximum atomic E-state index is 12.9. The van der Waals surface area contributed by atoms with Gasteiger partial charge in [-0.3, -0.25) is 18.6 Å². The highest BCUT2D eigenvalue weighted by Crippen LogP contribution is 2.47. The average Bonchev–Trinajstić information content (AvgIpc) is 3.29. The summed E-state index contributed by atoms with van der Waals surface area (Å²) in [6, 6.07) is 0. The Morgan fingerprint density at radius 2 is 0.692 bits per heavy atom. The van der Waals surface area contributed by atoms with E-state index in [0.29, 0.717) is 12.8 Å². The highest BCUT2D eigenvalue weighted by molar-refractivity contribution is 7.47. The third-order valence-corrected chi connectivity index (χ3v) is 13.9. The number of rotatable bonds is 46. The molecule has 1 aliphatic rings. The van der Waals surface area contributed by atoms with Gasteiger partial charge in [-0.2, -0.15) is 0 Å². The quantitative estimate of drug-likeness (QED) is 0.0191. The molecule has 0 amide bonds. The average molecular weight is 951 g/mol. The van der Waals surface area contributed by atoms with E-state index in [9.17, 15) is 44.6 Å². The maximum absolute atomic E-state index is 12.9. The van der Waals surface area contributed by atoms with Crippen molar-refractivity contribution in [1.82, 2.24) is 0 Å². The van der Waals surface area contributed by atoms with Crippen molar-refractivity contribution in [2.24, 2.45) is 0 Å². The van der Waals surface area contributed by atoms with Gasteiger partial charge in [-0.15, -0.1) is 0 Å². The Hall–Kier alpha value is -1.15. The van der Waals surface area contributed by atoms with Crippen molar-refractivity contribution in [3.05, 3.63) is 0 Å². The Bertz CT molecular complexity index is 1150. The van der Waals surface area contributed by atoms with E-state index in [-0.39, 0.29) is 12.8 Å². The van der Waals surface area contributed by atoms with Crippen molar-refractivity contribution in [3.8, 4) is 0 Å². The molecule has 6 unspecified atom stereocenters. The van der Waals surface area contributed by atoms with Gasteiger partial charge in [0.1, 0.15) is 43.2 Å². The number of unbranched alkanes of at least 4 members (excludes halogenated alkanes) is 34. The molecule has 0 bridgehead atoms. The number of carbonyl (C=O) groups excluding carboxylic acids is 2. The fourth-order valence-electron chi connectivity index (χ4n) is 8.64. The van der Waals surface area contributed by atoms with Crippen molar-refractivity contribution in [2.45, 2.75) is 301 Å². The van der Waals surface area contributed by atoms with Gasteiger partial charge in [0.15, 0.2) is 6.10 Å². The van der Waals surface area contributed by atoms with Crippen LogP contribution in [0.15, 0.2) is 0 Å². The molecule has 1 saturated carbocycles. The van der Waals surface area contributed by atoms with E-state index < -0.39 is 75.7 Å². The minimum atomic E-state index is -5.11. The van der Waals surface area contributed by atoms with Crippen LogP contribution in [0, 0.1) is 0 Å². The van der Waals surface area contributed by atoms with Crippen LogP contribution < -0.4 is 0 Å². The fraction of sp³-hybridized carbons (Fsp3) is 0.961. The Labute approximate surface area is 395 Å². The molecule has 1 fully saturated rings. The molecule has 0 aromatic carbocycles. The summed E-state index contributed by atoms with van der Waals surface area (Å²) >= 11 is 0. The lowest BCUT2D eigenvalue weighted by Crippen LogP contribution is -2.64. The Balaban J connectivity index is 2.36. The lowest BCUT2D eigenvalue weighted by molar-refractivity contribution is -0.220. The van der Waals surface area contributed by atoms with Crippen molar-refractivity contribution >= 4 is 19.8 Å². The van der Waals surface area contributed by atoms with Gasteiger partial charge in [-0.25, -0.2) is 4.57 Å². The van der Waals surface area contributed by atoms with E-state index in [0.717, 1.165) is 38.5 Å².